The minimum atomic E-state index is 0.444. The summed E-state index contributed by atoms with van der Waals surface area (Å²) < 4.78 is 5.23. The molecule has 0 saturated carbocycles. The Balaban J connectivity index is 2.96. The van der Waals surface area contributed by atoms with Crippen molar-refractivity contribution in [2.45, 2.75) is 83.7 Å². The molecule has 0 heterocycles. The Kier molecular flexibility index (Phi) is 13.5. The standard InChI is InChI=1S/C16H32O/c1-4-5-6-7-8-9-10-11-12-13-14-15-16(2)17-3/h4,16H,1,5-15H2,2-3H3. The highest BCUT2D eigenvalue weighted by Gasteiger charge is 1.98. The molecule has 0 aromatic carbocycles. The summed E-state index contributed by atoms with van der Waals surface area (Å²) in [5.74, 6) is 0. The predicted octanol–water partition coefficient (Wildman–Crippen LogP) is 5.50. The Morgan fingerprint density at radius 2 is 1.35 bits per heavy atom. The van der Waals surface area contributed by atoms with Gasteiger partial charge in [0.25, 0.3) is 0 Å². The molecule has 0 bridgehead atoms. The first-order valence-corrected chi connectivity index (χ1v) is 7.45. The van der Waals surface area contributed by atoms with Crippen molar-refractivity contribution in [2.24, 2.45) is 0 Å². The van der Waals surface area contributed by atoms with Crippen molar-refractivity contribution >= 4 is 0 Å². The first-order chi connectivity index (χ1) is 8.31. The van der Waals surface area contributed by atoms with E-state index in [4.69, 9.17) is 4.74 Å². The van der Waals surface area contributed by atoms with Gasteiger partial charge in [0.15, 0.2) is 0 Å². The first kappa shape index (κ1) is 16.7. The summed E-state index contributed by atoms with van der Waals surface area (Å²) in [4.78, 5) is 0. The van der Waals surface area contributed by atoms with Gasteiger partial charge in [0, 0.05) is 7.11 Å². The van der Waals surface area contributed by atoms with Gasteiger partial charge in [-0.3, -0.25) is 0 Å². The van der Waals surface area contributed by atoms with Crippen LogP contribution in [0.2, 0.25) is 0 Å². The molecule has 0 saturated heterocycles. The van der Waals surface area contributed by atoms with E-state index in [1.807, 2.05) is 6.08 Å². The topological polar surface area (TPSA) is 9.23 Å². The Bertz CT molecular complexity index is 154. The lowest BCUT2D eigenvalue weighted by Gasteiger charge is -2.08. The summed E-state index contributed by atoms with van der Waals surface area (Å²) >= 11 is 0. The molecule has 0 N–H and O–H groups in total. The summed E-state index contributed by atoms with van der Waals surface area (Å²) in [5.41, 5.74) is 0. The molecule has 17 heavy (non-hydrogen) atoms. The number of allylic oxidation sites excluding steroid dienone is 1. The van der Waals surface area contributed by atoms with Gasteiger partial charge in [-0.05, 0) is 26.2 Å². The first-order valence-electron chi connectivity index (χ1n) is 7.45. The Morgan fingerprint density at radius 1 is 0.882 bits per heavy atom. The zero-order valence-corrected chi connectivity index (χ0v) is 12.0. The van der Waals surface area contributed by atoms with Crippen molar-refractivity contribution in [3.05, 3.63) is 12.7 Å². The maximum absolute atomic E-state index is 5.23. The van der Waals surface area contributed by atoms with E-state index in [0.717, 1.165) is 0 Å². The van der Waals surface area contributed by atoms with Gasteiger partial charge in [-0.2, -0.15) is 0 Å². The number of methoxy groups -OCH3 is 1. The van der Waals surface area contributed by atoms with Gasteiger partial charge in [-0.25, -0.2) is 0 Å². The average Bonchev–Trinajstić information content (AvgIpc) is 2.35. The highest BCUT2D eigenvalue weighted by atomic mass is 16.5. The van der Waals surface area contributed by atoms with Crippen molar-refractivity contribution < 1.29 is 4.74 Å². The zero-order chi connectivity index (χ0) is 12.8. The third-order valence-electron chi connectivity index (χ3n) is 3.42. The predicted molar refractivity (Wildman–Crippen MR) is 77.5 cm³/mol. The summed E-state index contributed by atoms with van der Waals surface area (Å²) in [6.07, 6.45) is 17.4. The molecule has 0 amide bonds. The molecule has 0 radical (unpaired) electrons. The van der Waals surface area contributed by atoms with E-state index in [2.05, 4.69) is 13.5 Å². The summed E-state index contributed by atoms with van der Waals surface area (Å²) in [7, 11) is 1.80. The number of ether oxygens (including phenoxy) is 1. The average molecular weight is 240 g/mol. The molecule has 0 aliphatic rings. The monoisotopic (exact) mass is 240 g/mol. The lowest BCUT2D eigenvalue weighted by atomic mass is 10.0. The zero-order valence-electron chi connectivity index (χ0n) is 12.0. The fraction of sp³-hybridized carbons (Fsp3) is 0.875. The summed E-state index contributed by atoms with van der Waals surface area (Å²) in [6.45, 7) is 5.90. The highest BCUT2D eigenvalue weighted by Crippen LogP contribution is 2.12. The van der Waals surface area contributed by atoms with Crippen LogP contribution in [0.5, 0.6) is 0 Å². The van der Waals surface area contributed by atoms with Gasteiger partial charge in [0.05, 0.1) is 6.10 Å². The SMILES string of the molecule is C=CCCCCCCCCCCCC(C)OC. The number of rotatable bonds is 13. The van der Waals surface area contributed by atoms with E-state index in [-0.39, 0.29) is 0 Å². The second-order valence-corrected chi connectivity index (χ2v) is 5.09. The second kappa shape index (κ2) is 13.8. The van der Waals surface area contributed by atoms with E-state index in [1.165, 1.54) is 70.6 Å². The van der Waals surface area contributed by atoms with Crippen LogP contribution in [-0.4, -0.2) is 13.2 Å². The van der Waals surface area contributed by atoms with Crippen LogP contribution in [0, 0.1) is 0 Å². The van der Waals surface area contributed by atoms with Gasteiger partial charge in [0.2, 0.25) is 0 Å². The number of hydrogen-bond acceptors (Lipinski definition) is 1. The van der Waals surface area contributed by atoms with Crippen molar-refractivity contribution in [2.75, 3.05) is 7.11 Å². The normalized spacial score (nSPS) is 12.6. The lowest BCUT2D eigenvalue weighted by Crippen LogP contribution is -2.03. The smallest absolute Gasteiger partial charge is 0.0543 e. The molecule has 0 aliphatic heterocycles. The minimum Gasteiger partial charge on any atom is -0.382 e. The minimum absolute atomic E-state index is 0.444. The Labute approximate surface area is 109 Å². The van der Waals surface area contributed by atoms with Crippen molar-refractivity contribution in [3.8, 4) is 0 Å². The van der Waals surface area contributed by atoms with E-state index >= 15 is 0 Å². The maximum Gasteiger partial charge on any atom is 0.0543 e. The largest absolute Gasteiger partial charge is 0.382 e. The van der Waals surface area contributed by atoms with Crippen LogP contribution < -0.4 is 0 Å². The fourth-order valence-corrected chi connectivity index (χ4v) is 2.08. The third kappa shape index (κ3) is 13.6. The molecule has 0 fully saturated rings. The third-order valence-corrected chi connectivity index (χ3v) is 3.42. The molecule has 0 aromatic rings. The van der Waals surface area contributed by atoms with Gasteiger partial charge >= 0.3 is 0 Å². The van der Waals surface area contributed by atoms with Gasteiger partial charge in [-0.15, -0.1) is 6.58 Å². The number of unbranched alkanes of at least 4 members (excludes halogenated alkanes) is 9. The quantitative estimate of drug-likeness (QED) is 0.305. The van der Waals surface area contributed by atoms with Crippen LogP contribution >= 0.6 is 0 Å². The summed E-state index contributed by atoms with van der Waals surface area (Å²) in [6, 6.07) is 0. The summed E-state index contributed by atoms with van der Waals surface area (Å²) in [5, 5.41) is 0. The molecule has 0 aliphatic carbocycles. The van der Waals surface area contributed by atoms with Crippen LogP contribution in [-0.2, 0) is 4.74 Å². The van der Waals surface area contributed by atoms with E-state index < -0.39 is 0 Å². The van der Waals surface area contributed by atoms with Crippen molar-refractivity contribution in [1.29, 1.82) is 0 Å². The van der Waals surface area contributed by atoms with Crippen molar-refractivity contribution in [1.82, 2.24) is 0 Å². The molecule has 0 aromatic heterocycles. The van der Waals surface area contributed by atoms with Crippen LogP contribution in [0.25, 0.3) is 0 Å². The highest BCUT2D eigenvalue weighted by molar-refractivity contribution is 4.65. The van der Waals surface area contributed by atoms with Crippen LogP contribution in [0.4, 0.5) is 0 Å². The van der Waals surface area contributed by atoms with Crippen LogP contribution in [0.1, 0.15) is 77.6 Å². The second-order valence-electron chi connectivity index (χ2n) is 5.09. The molecule has 1 unspecified atom stereocenters. The van der Waals surface area contributed by atoms with E-state index in [0.29, 0.717) is 6.10 Å². The maximum atomic E-state index is 5.23. The Hall–Kier alpha value is -0.300. The molecule has 1 atom stereocenters. The van der Waals surface area contributed by atoms with Crippen LogP contribution in [0.3, 0.4) is 0 Å². The van der Waals surface area contributed by atoms with E-state index in [1.54, 1.807) is 7.11 Å². The molecule has 1 nitrogen and oxygen atoms in total. The van der Waals surface area contributed by atoms with E-state index in [9.17, 15) is 0 Å². The molecule has 1 heteroatoms. The van der Waals surface area contributed by atoms with Gasteiger partial charge < -0.3 is 4.74 Å². The lowest BCUT2D eigenvalue weighted by molar-refractivity contribution is 0.108. The molecule has 102 valence electrons. The molecular weight excluding hydrogens is 208 g/mol. The molecular formula is C16H32O. The molecule has 0 spiro atoms. The molecule has 0 rings (SSSR count). The van der Waals surface area contributed by atoms with Gasteiger partial charge in [0.1, 0.15) is 0 Å². The van der Waals surface area contributed by atoms with Crippen molar-refractivity contribution in [3.63, 3.8) is 0 Å². The Morgan fingerprint density at radius 3 is 1.82 bits per heavy atom. The van der Waals surface area contributed by atoms with Crippen LogP contribution in [0.15, 0.2) is 12.7 Å². The fourth-order valence-electron chi connectivity index (χ4n) is 2.08. The van der Waals surface area contributed by atoms with Gasteiger partial charge in [-0.1, -0.05) is 57.4 Å². The number of hydrogen-bond donors (Lipinski definition) is 0.